The van der Waals surface area contributed by atoms with Gasteiger partial charge in [0.15, 0.2) is 0 Å². The maximum Gasteiger partial charge on any atom is 0.242 e. The first-order valence-electron chi connectivity index (χ1n) is 6.53. The molecule has 1 saturated heterocycles. The summed E-state index contributed by atoms with van der Waals surface area (Å²) in [4.78, 5) is 2.31. The van der Waals surface area contributed by atoms with Crippen molar-refractivity contribution >= 4 is 15.7 Å². The first-order valence-corrected chi connectivity index (χ1v) is 8.01. The summed E-state index contributed by atoms with van der Waals surface area (Å²) < 4.78 is 27.0. The summed E-state index contributed by atoms with van der Waals surface area (Å²) in [5.74, 6) is 0.249. The van der Waals surface area contributed by atoms with Crippen LogP contribution in [-0.2, 0) is 10.0 Å². The molecule has 1 aromatic rings. The Labute approximate surface area is 114 Å². The number of hydrogen-bond acceptors (Lipinski definition) is 4. The van der Waals surface area contributed by atoms with Gasteiger partial charge >= 0.3 is 0 Å². The number of hydrogen-bond donors (Lipinski definition) is 2. The Kier molecular flexibility index (Phi) is 4.44. The van der Waals surface area contributed by atoms with Crippen LogP contribution in [0, 0.1) is 5.92 Å². The van der Waals surface area contributed by atoms with Gasteiger partial charge in [0.1, 0.15) is 4.90 Å². The molecule has 19 heavy (non-hydrogen) atoms. The number of sulfonamides is 1. The molecule has 2 rings (SSSR count). The van der Waals surface area contributed by atoms with Gasteiger partial charge in [0.2, 0.25) is 10.0 Å². The predicted molar refractivity (Wildman–Crippen MR) is 74.7 cm³/mol. The Morgan fingerprint density at radius 1 is 1.37 bits per heavy atom. The summed E-state index contributed by atoms with van der Waals surface area (Å²) in [5.41, 5.74) is 0.718. The Morgan fingerprint density at radius 3 is 2.68 bits per heavy atom. The van der Waals surface area contributed by atoms with Gasteiger partial charge in [-0.2, -0.15) is 0 Å². The van der Waals surface area contributed by atoms with E-state index in [1.165, 1.54) is 0 Å². The fourth-order valence-corrected chi connectivity index (χ4v) is 3.50. The van der Waals surface area contributed by atoms with E-state index in [1.807, 2.05) is 24.0 Å². The van der Waals surface area contributed by atoms with Crippen LogP contribution in [0.1, 0.15) is 13.3 Å². The minimum Gasteiger partial charge on any atom is -0.396 e. The van der Waals surface area contributed by atoms with Crippen molar-refractivity contribution in [1.82, 2.24) is 4.72 Å². The molecule has 1 fully saturated rings. The van der Waals surface area contributed by atoms with Gasteiger partial charge in [-0.15, -0.1) is 0 Å². The molecular formula is C13H20N2O3S. The van der Waals surface area contributed by atoms with Gasteiger partial charge in [-0.25, -0.2) is 13.1 Å². The third kappa shape index (κ3) is 3.08. The highest BCUT2D eigenvalue weighted by Crippen LogP contribution is 2.30. The number of benzene rings is 1. The molecule has 0 aromatic heterocycles. The van der Waals surface area contributed by atoms with E-state index >= 15 is 0 Å². The van der Waals surface area contributed by atoms with Crippen molar-refractivity contribution in [3.05, 3.63) is 24.3 Å². The maximum atomic E-state index is 12.2. The number of para-hydroxylation sites is 1. The summed E-state index contributed by atoms with van der Waals surface area (Å²) in [7, 11) is -3.45. The average Bonchev–Trinajstić information content (AvgIpc) is 2.36. The van der Waals surface area contributed by atoms with Crippen molar-refractivity contribution in [2.45, 2.75) is 18.2 Å². The summed E-state index contributed by atoms with van der Waals surface area (Å²) in [5, 5.41) is 9.04. The summed E-state index contributed by atoms with van der Waals surface area (Å²) in [6, 6.07) is 7.00. The first-order chi connectivity index (χ1) is 9.08. The molecule has 1 aliphatic rings. The average molecular weight is 284 g/mol. The molecule has 1 aromatic carbocycles. The van der Waals surface area contributed by atoms with Crippen molar-refractivity contribution in [3.8, 4) is 0 Å². The van der Waals surface area contributed by atoms with Crippen molar-refractivity contribution in [3.63, 3.8) is 0 Å². The molecule has 1 aliphatic heterocycles. The van der Waals surface area contributed by atoms with Crippen LogP contribution in [0.15, 0.2) is 29.2 Å². The number of nitrogens with zero attached hydrogens (tertiary/aromatic N) is 1. The molecule has 6 heteroatoms. The van der Waals surface area contributed by atoms with Crippen LogP contribution in [-0.4, -0.2) is 39.8 Å². The number of anilines is 1. The molecule has 0 aliphatic carbocycles. The summed E-state index contributed by atoms with van der Waals surface area (Å²) >= 11 is 0. The molecule has 0 bridgehead atoms. The summed E-state index contributed by atoms with van der Waals surface area (Å²) in [6.45, 7) is 3.93. The molecule has 0 spiro atoms. The topological polar surface area (TPSA) is 69.6 Å². The number of nitrogens with one attached hydrogen (secondary N) is 1. The second-order valence-corrected chi connectivity index (χ2v) is 6.55. The lowest BCUT2D eigenvalue weighted by molar-refractivity contribution is 0.200. The molecule has 1 heterocycles. The molecule has 2 N–H and O–H groups in total. The third-order valence-corrected chi connectivity index (χ3v) is 4.76. The number of aliphatic hydroxyl groups excluding tert-OH is 1. The van der Waals surface area contributed by atoms with Crippen LogP contribution < -0.4 is 9.62 Å². The SMILES string of the molecule is CCCNS(=O)(=O)c1ccccc1N1CC(CO)C1. The van der Waals surface area contributed by atoms with Gasteiger partial charge in [-0.05, 0) is 18.6 Å². The Balaban J connectivity index is 2.22. The first kappa shape index (κ1) is 14.3. The van der Waals surface area contributed by atoms with Crippen molar-refractivity contribution in [1.29, 1.82) is 0 Å². The minimum absolute atomic E-state index is 0.152. The van der Waals surface area contributed by atoms with Gasteiger partial charge in [-0.1, -0.05) is 19.1 Å². The largest absolute Gasteiger partial charge is 0.396 e. The normalized spacial score (nSPS) is 16.4. The molecule has 106 valence electrons. The van der Waals surface area contributed by atoms with Crippen molar-refractivity contribution in [2.24, 2.45) is 5.92 Å². The van der Waals surface area contributed by atoms with E-state index in [0.717, 1.165) is 12.1 Å². The second kappa shape index (κ2) is 5.90. The molecule has 0 saturated carbocycles. The zero-order chi connectivity index (χ0) is 13.9. The lowest BCUT2D eigenvalue weighted by atomic mass is 10.0. The van der Waals surface area contributed by atoms with E-state index in [9.17, 15) is 8.42 Å². The fraction of sp³-hybridized carbons (Fsp3) is 0.538. The quantitative estimate of drug-likeness (QED) is 0.811. The van der Waals surface area contributed by atoms with Gasteiger partial charge in [-0.3, -0.25) is 0 Å². The molecule has 0 unspecified atom stereocenters. The maximum absolute atomic E-state index is 12.2. The third-order valence-electron chi connectivity index (χ3n) is 3.25. The van der Waals surface area contributed by atoms with Crippen molar-refractivity contribution in [2.75, 3.05) is 31.1 Å². The Hall–Kier alpha value is -1.11. The highest BCUT2D eigenvalue weighted by molar-refractivity contribution is 7.89. The minimum atomic E-state index is -3.45. The standard InChI is InChI=1S/C13H20N2O3S/c1-2-7-14-19(17,18)13-6-4-3-5-12(13)15-8-11(9-15)10-16/h3-6,11,14,16H,2,7-10H2,1H3. The van der Waals surface area contributed by atoms with E-state index in [0.29, 0.717) is 24.5 Å². The lowest BCUT2D eigenvalue weighted by Crippen LogP contribution is -2.49. The highest BCUT2D eigenvalue weighted by Gasteiger charge is 2.30. The van der Waals surface area contributed by atoms with E-state index < -0.39 is 10.0 Å². The lowest BCUT2D eigenvalue weighted by Gasteiger charge is -2.40. The van der Waals surface area contributed by atoms with Gasteiger partial charge in [0, 0.05) is 32.2 Å². The zero-order valence-corrected chi connectivity index (χ0v) is 11.9. The van der Waals surface area contributed by atoms with Crippen LogP contribution in [0.4, 0.5) is 5.69 Å². The predicted octanol–water partition coefficient (Wildman–Crippen LogP) is 0.803. The van der Waals surface area contributed by atoms with E-state index in [4.69, 9.17) is 5.11 Å². The van der Waals surface area contributed by atoms with Crippen LogP contribution in [0.5, 0.6) is 0 Å². The van der Waals surface area contributed by atoms with Crippen molar-refractivity contribution < 1.29 is 13.5 Å². The second-order valence-electron chi connectivity index (χ2n) is 4.82. The van der Waals surface area contributed by atoms with Gasteiger partial charge in [0.05, 0.1) is 5.69 Å². The van der Waals surface area contributed by atoms with E-state index in [2.05, 4.69) is 4.72 Å². The van der Waals surface area contributed by atoms with E-state index in [1.54, 1.807) is 12.1 Å². The summed E-state index contributed by atoms with van der Waals surface area (Å²) in [6.07, 6.45) is 0.762. The smallest absolute Gasteiger partial charge is 0.242 e. The van der Waals surface area contributed by atoms with Gasteiger partial charge < -0.3 is 10.0 Å². The molecular weight excluding hydrogens is 264 g/mol. The van der Waals surface area contributed by atoms with E-state index in [-0.39, 0.29) is 12.5 Å². The monoisotopic (exact) mass is 284 g/mol. The van der Waals surface area contributed by atoms with Crippen LogP contribution >= 0.6 is 0 Å². The molecule has 0 amide bonds. The fourth-order valence-electron chi connectivity index (χ4n) is 2.14. The van der Waals surface area contributed by atoms with Crippen LogP contribution in [0.2, 0.25) is 0 Å². The van der Waals surface area contributed by atoms with Crippen LogP contribution in [0.25, 0.3) is 0 Å². The number of aliphatic hydroxyl groups is 1. The molecule has 0 atom stereocenters. The van der Waals surface area contributed by atoms with Gasteiger partial charge in [0.25, 0.3) is 0 Å². The molecule has 0 radical (unpaired) electrons. The number of rotatable bonds is 6. The molecule has 5 nitrogen and oxygen atoms in total. The Bertz CT molecular complexity index is 524. The zero-order valence-electron chi connectivity index (χ0n) is 11.0. The highest BCUT2D eigenvalue weighted by atomic mass is 32.2. The Morgan fingerprint density at radius 2 is 2.05 bits per heavy atom. The van der Waals surface area contributed by atoms with Crippen LogP contribution in [0.3, 0.4) is 0 Å².